The van der Waals surface area contributed by atoms with Gasteiger partial charge in [-0.1, -0.05) is 6.07 Å². The van der Waals surface area contributed by atoms with Crippen LogP contribution in [0, 0.1) is 24.0 Å². The fourth-order valence-electron chi connectivity index (χ4n) is 5.48. The molecule has 0 radical (unpaired) electrons. The molecule has 5 rings (SSSR count). The van der Waals surface area contributed by atoms with Crippen molar-refractivity contribution in [2.75, 3.05) is 51.2 Å². The van der Waals surface area contributed by atoms with E-state index < -0.39 is 10.5 Å². The SMILES string of the molecule is Cc1ccc2c(c1C)OC1(CCN(C(=O)c3ccc(N4CCN(C)CC4)c([N+](=O)[O-])c3)CC1)CC2=O. The van der Waals surface area contributed by atoms with Gasteiger partial charge in [0.15, 0.2) is 5.78 Å². The van der Waals surface area contributed by atoms with Crippen LogP contribution >= 0.6 is 0 Å². The van der Waals surface area contributed by atoms with Crippen LogP contribution in [0.3, 0.4) is 0 Å². The molecule has 2 saturated heterocycles. The molecule has 2 aromatic rings. The van der Waals surface area contributed by atoms with Gasteiger partial charge in [-0.2, -0.15) is 0 Å². The second-order valence-electron chi connectivity index (χ2n) is 10.3. The molecule has 0 bridgehead atoms. The third-order valence-electron chi connectivity index (χ3n) is 8.00. The van der Waals surface area contributed by atoms with Gasteiger partial charge in [0.25, 0.3) is 11.6 Å². The Morgan fingerprint density at radius 2 is 1.72 bits per heavy atom. The smallest absolute Gasteiger partial charge is 0.293 e. The molecule has 3 heterocycles. The number of amides is 1. The van der Waals surface area contributed by atoms with Gasteiger partial charge in [-0.05, 0) is 50.2 Å². The third-order valence-corrected chi connectivity index (χ3v) is 8.00. The van der Waals surface area contributed by atoms with Crippen LogP contribution in [-0.4, -0.2) is 78.3 Å². The lowest BCUT2D eigenvalue weighted by atomic mass is 9.81. The molecular formula is C27H32N4O5. The van der Waals surface area contributed by atoms with E-state index in [1.165, 1.54) is 6.07 Å². The molecule has 3 aliphatic heterocycles. The number of aryl methyl sites for hydroxylation is 1. The number of nitro benzene ring substituents is 1. The Hall–Kier alpha value is -3.46. The number of piperazine rings is 1. The molecule has 0 aromatic heterocycles. The number of carbonyl (C=O) groups is 2. The maximum absolute atomic E-state index is 13.3. The standard InChI is InChI=1S/C27H32N4O5/c1-18-4-6-21-24(32)17-27(36-25(21)19(18)2)8-10-30(11-9-27)26(33)20-5-7-22(23(16-20)31(34)35)29-14-12-28(3)13-15-29/h4-7,16H,8-15,17H2,1-3H3. The monoisotopic (exact) mass is 492 g/mol. The topological polar surface area (TPSA) is 96.2 Å². The Labute approximate surface area is 210 Å². The first kappa shape index (κ1) is 24.2. The minimum atomic E-state index is -0.614. The van der Waals surface area contributed by atoms with E-state index in [2.05, 4.69) is 4.90 Å². The van der Waals surface area contributed by atoms with Gasteiger partial charge in [-0.3, -0.25) is 19.7 Å². The summed E-state index contributed by atoms with van der Waals surface area (Å²) >= 11 is 0. The Morgan fingerprint density at radius 3 is 2.39 bits per heavy atom. The summed E-state index contributed by atoms with van der Waals surface area (Å²) in [6.07, 6.45) is 1.38. The molecule has 9 heteroatoms. The molecule has 2 fully saturated rings. The van der Waals surface area contributed by atoms with E-state index in [-0.39, 0.29) is 17.4 Å². The molecule has 1 spiro atoms. The lowest BCUT2D eigenvalue weighted by Crippen LogP contribution is -2.52. The first-order chi connectivity index (χ1) is 17.2. The molecule has 0 saturated carbocycles. The molecule has 2 aromatic carbocycles. The average molecular weight is 493 g/mol. The Morgan fingerprint density at radius 1 is 1.03 bits per heavy atom. The number of carbonyl (C=O) groups excluding carboxylic acids is 2. The molecule has 0 N–H and O–H groups in total. The number of rotatable bonds is 3. The Balaban J connectivity index is 1.31. The van der Waals surface area contributed by atoms with E-state index in [1.807, 2.05) is 37.9 Å². The van der Waals surface area contributed by atoms with E-state index in [1.54, 1.807) is 17.0 Å². The number of benzene rings is 2. The van der Waals surface area contributed by atoms with Crippen molar-refractivity contribution in [2.45, 2.75) is 38.7 Å². The quantitative estimate of drug-likeness (QED) is 0.477. The van der Waals surface area contributed by atoms with Crippen LogP contribution in [0.4, 0.5) is 11.4 Å². The highest BCUT2D eigenvalue weighted by Gasteiger charge is 2.44. The van der Waals surface area contributed by atoms with Gasteiger partial charge in [0, 0.05) is 63.7 Å². The highest BCUT2D eigenvalue weighted by molar-refractivity contribution is 6.01. The highest BCUT2D eigenvalue weighted by atomic mass is 16.6. The first-order valence-electron chi connectivity index (χ1n) is 12.5. The number of likely N-dealkylation sites (tertiary alicyclic amines) is 1. The normalized spacial score (nSPS) is 19.7. The molecule has 36 heavy (non-hydrogen) atoms. The average Bonchev–Trinajstić information content (AvgIpc) is 2.87. The van der Waals surface area contributed by atoms with Gasteiger partial charge in [-0.25, -0.2) is 0 Å². The predicted molar refractivity (Wildman–Crippen MR) is 136 cm³/mol. The van der Waals surface area contributed by atoms with Crippen molar-refractivity contribution in [1.82, 2.24) is 9.80 Å². The van der Waals surface area contributed by atoms with Gasteiger partial charge in [0.2, 0.25) is 0 Å². The molecule has 0 unspecified atom stereocenters. The summed E-state index contributed by atoms with van der Waals surface area (Å²) in [6, 6.07) is 8.58. The fraction of sp³-hybridized carbons (Fsp3) is 0.481. The zero-order valence-electron chi connectivity index (χ0n) is 21.1. The zero-order chi connectivity index (χ0) is 25.6. The number of hydrogen-bond acceptors (Lipinski definition) is 7. The predicted octanol–water partition coefficient (Wildman–Crippen LogP) is 3.60. The zero-order valence-corrected chi connectivity index (χ0v) is 21.1. The van der Waals surface area contributed by atoms with Gasteiger partial charge in [0.1, 0.15) is 17.0 Å². The number of nitrogens with zero attached hydrogens (tertiary/aromatic N) is 4. The lowest BCUT2D eigenvalue weighted by Gasteiger charge is -2.44. The largest absolute Gasteiger partial charge is 0.486 e. The van der Waals surface area contributed by atoms with Crippen molar-refractivity contribution in [1.29, 1.82) is 0 Å². The van der Waals surface area contributed by atoms with Gasteiger partial charge in [0.05, 0.1) is 16.9 Å². The number of nitro groups is 1. The van der Waals surface area contributed by atoms with E-state index >= 15 is 0 Å². The summed E-state index contributed by atoms with van der Waals surface area (Å²) in [5.41, 5.74) is 2.90. The fourth-order valence-corrected chi connectivity index (χ4v) is 5.48. The summed E-state index contributed by atoms with van der Waals surface area (Å²) < 4.78 is 6.46. The van der Waals surface area contributed by atoms with Crippen molar-refractivity contribution >= 4 is 23.1 Å². The van der Waals surface area contributed by atoms with E-state index in [0.717, 1.165) is 24.2 Å². The number of piperidine rings is 1. The van der Waals surface area contributed by atoms with E-state index in [9.17, 15) is 19.7 Å². The number of hydrogen-bond donors (Lipinski definition) is 0. The Bertz CT molecular complexity index is 1230. The van der Waals surface area contributed by atoms with Crippen molar-refractivity contribution < 1.29 is 19.2 Å². The van der Waals surface area contributed by atoms with Crippen LogP contribution in [0.5, 0.6) is 5.75 Å². The molecule has 190 valence electrons. The number of ether oxygens (including phenoxy) is 1. The summed E-state index contributed by atoms with van der Waals surface area (Å²) in [5.74, 6) is 0.517. The maximum Gasteiger partial charge on any atom is 0.293 e. The van der Waals surface area contributed by atoms with Crippen LogP contribution in [0.1, 0.15) is 51.1 Å². The van der Waals surface area contributed by atoms with Crippen molar-refractivity contribution in [3.63, 3.8) is 0 Å². The Kier molecular flexibility index (Phi) is 6.20. The number of anilines is 1. The summed E-state index contributed by atoms with van der Waals surface area (Å²) in [5, 5.41) is 11.9. The van der Waals surface area contributed by atoms with Crippen molar-refractivity contribution in [3.05, 3.63) is 62.7 Å². The maximum atomic E-state index is 13.3. The minimum Gasteiger partial charge on any atom is -0.486 e. The van der Waals surface area contributed by atoms with Crippen LogP contribution in [0.2, 0.25) is 0 Å². The number of ketones is 1. The van der Waals surface area contributed by atoms with Gasteiger partial charge in [-0.15, -0.1) is 0 Å². The summed E-state index contributed by atoms with van der Waals surface area (Å²) in [4.78, 5) is 43.6. The molecule has 0 aliphatic carbocycles. The summed E-state index contributed by atoms with van der Waals surface area (Å²) in [6.45, 7) is 7.92. The number of Topliss-reactive ketones (excluding diaryl/α,β-unsaturated/α-hetero) is 1. The second kappa shape index (κ2) is 9.20. The van der Waals surface area contributed by atoms with Crippen LogP contribution in [0.25, 0.3) is 0 Å². The molecule has 0 atom stereocenters. The highest BCUT2D eigenvalue weighted by Crippen LogP contribution is 2.42. The molecule has 9 nitrogen and oxygen atoms in total. The van der Waals surface area contributed by atoms with Crippen molar-refractivity contribution in [2.24, 2.45) is 0 Å². The van der Waals surface area contributed by atoms with Crippen LogP contribution in [-0.2, 0) is 0 Å². The number of likely N-dealkylation sites (N-methyl/N-ethyl adjacent to an activating group) is 1. The van der Waals surface area contributed by atoms with E-state index in [0.29, 0.717) is 68.0 Å². The first-order valence-corrected chi connectivity index (χ1v) is 12.5. The molecular weight excluding hydrogens is 460 g/mol. The van der Waals surface area contributed by atoms with Gasteiger partial charge >= 0.3 is 0 Å². The number of fused-ring (bicyclic) bond motifs is 1. The van der Waals surface area contributed by atoms with E-state index in [4.69, 9.17) is 4.74 Å². The second-order valence-corrected chi connectivity index (χ2v) is 10.3. The third kappa shape index (κ3) is 4.32. The minimum absolute atomic E-state index is 0.0393. The van der Waals surface area contributed by atoms with Crippen LogP contribution in [0.15, 0.2) is 30.3 Å². The van der Waals surface area contributed by atoms with Crippen molar-refractivity contribution in [3.8, 4) is 5.75 Å². The summed E-state index contributed by atoms with van der Waals surface area (Å²) in [7, 11) is 2.03. The lowest BCUT2D eigenvalue weighted by molar-refractivity contribution is -0.384. The molecule has 3 aliphatic rings. The molecule has 1 amide bonds. The van der Waals surface area contributed by atoms with Gasteiger partial charge < -0.3 is 19.4 Å². The van der Waals surface area contributed by atoms with Crippen LogP contribution < -0.4 is 9.64 Å².